The molecule has 2 aromatic heterocycles. The average Bonchev–Trinajstić information content (AvgIpc) is 2.60. The summed E-state index contributed by atoms with van der Waals surface area (Å²) < 4.78 is 2.27. The van der Waals surface area contributed by atoms with Gasteiger partial charge in [0.2, 0.25) is 0 Å². The van der Waals surface area contributed by atoms with Crippen LogP contribution in [-0.4, -0.2) is 16.1 Å². The van der Waals surface area contributed by atoms with E-state index in [9.17, 15) is 0 Å². The first-order valence-corrected chi connectivity index (χ1v) is 4.56. The number of rotatable bonds is 0. The van der Waals surface area contributed by atoms with Gasteiger partial charge in [-0.25, -0.2) is 0 Å². The fraction of sp³-hybridized carbons (Fsp3) is 0.333. The second kappa shape index (κ2) is 2.22. The van der Waals surface area contributed by atoms with Crippen molar-refractivity contribution in [2.45, 2.75) is 13.0 Å². The lowest BCUT2D eigenvalue weighted by Crippen LogP contribution is -2.16. The van der Waals surface area contributed by atoms with Crippen LogP contribution in [0.2, 0.25) is 0 Å². The Hall–Kier alpha value is -1.58. The number of aromatic nitrogens is 2. The van der Waals surface area contributed by atoms with Gasteiger partial charge in [0, 0.05) is 25.2 Å². The van der Waals surface area contributed by atoms with E-state index < -0.39 is 0 Å². The van der Waals surface area contributed by atoms with Crippen LogP contribution >= 0.6 is 0 Å². The number of aromatic amines is 1. The van der Waals surface area contributed by atoms with Gasteiger partial charge in [0.05, 0.1) is 11.0 Å². The van der Waals surface area contributed by atoms with E-state index in [-0.39, 0.29) is 0 Å². The van der Waals surface area contributed by atoms with E-state index in [2.05, 4.69) is 20.9 Å². The van der Waals surface area contributed by atoms with Gasteiger partial charge in [-0.3, -0.25) is 0 Å². The van der Waals surface area contributed by atoms with Gasteiger partial charge in [0.25, 0.3) is 0 Å². The van der Waals surface area contributed by atoms with Crippen LogP contribution in [0.5, 0.6) is 0 Å². The number of fused-ring (bicyclic) bond motifs is 3. The number of aryl methyl sites for hydroxylation is 1. The lowest BCUT2D eigenvalue weighted by molar-refractivity contribution is 0.650. The summed E-state index contributed by atoms with van der Waals surface area (Å²) in [5.74, 6) is 1.94. The smallest absolute Gasteiger partial charge is 0.108 e. The predicted molar refractivity (Wildman–Crippen MR) is 53.8 cm³/mol. The van der Waals surface area contributed by atoms with Gasteiger partial charge >= 0.3 is 0 Å². The molecule has 3 heterocycles. The first-order chi connectivity index (χ1) is 6.34. The third-order valence-electron chi connectivity index (χ3n) is 2.57. The van der Waals surface area contributed by atoms with Crippen molar-refractivity contribution in [3.63, 3.8) is 0 Å². The third-order valence-corrected chi connectivity index (χ3v) is 2.57. The number of hydrogen-bond acceptors (Lipinski definition) is 2. The molecule has 0 saturated heterocycles. The van der Waals surface area contributed by atoms with Crippen LogP contribution in [0.1, 0.15) is 6.42 Å². The molecule has 0 amide bonds. The molecule has 4 nitrogen and oxygen atoms in total. The highest BCUT2D eigenvalue weighted by Gasteiger charge is 2.13. The standard InChI is InChI=1S/C9H12N4/c10-8-5-7-6(12-8)4-9-11-2-1-3-13(7)9/h4-5,11-12H,1-3,10H2. The Balaban J connectivity index is 2.30. The Labute approximate surface area is 75.7 Å². The third kappa shape index (κ3) is 0.854. The molecule has 4 heteroatoms. The van der Waals surface area contributed by atoms with E-state index in [0.29, 0.717) is 0 Å². The molecule has 0 bridgehead atoms. The Bertz CT molecular complexity index is 451. The van der Waals surface area contributed by atoms with Gasteiger partial charge in [0.1, 0.15) is 11.6 Å². The first-order valence-electron chi connectivity index (χ1n) is 4.56. The SMILES string of the molecule is Nc1cc2c(cc3n2CCCN3)[nH]1. The molecule has 3 rings (SSSR count). The number of nitrogen functional groups attached to an aromatic ring is 1. The second-order valence-electron chi connectivity index (χ2n) is 3.49. The number of H-pyrrole nitrogens is 1. The number of anilines is 2. The van der Waals surface area contributed by atoms with Crippen molar-refractivity contribution in [1.29, 1.82) is 0 Å². The first kappa shape index (κ1) is 6.88. The summed E-state index contributed by atoms with van der Waals surface area (Å²) in [6.07, 6.45) is 1.18. The molecule has 1 aliphatic rings. The fourth-order valence-electron chi connectivity index (χ4n) is 2.00. The minimum absolute atomic E-state index is 0.742. The molecule has 0 spiro atoms. The normalized spacial score (nSPS) is 15.7. The Kier molecular flexibility index (Phi) is 1.17. The Morgan fingerprint density at radius 1 is 1.38 bits per heavy atom. The molecule has 0 radical (unpaired) electrons. The maximum Gasteiger partial charge on any atom is 0.108 e. The molecule has 0 aromatic carbocycles. The topological polar surface area (TPSA) is 58.8 Å². The summed E-state index contributed by atoms with van der Waals surface area (Å²) in [7, 11) is 0. The Morgan fingerprint density at radius 3 is 3.23 bits per heavy atom. The van der Waals surface area contributed by atoms with Gasteiger partial charge in [-0.15, -0.1) is 0 Å². The van der Waals surface area contributed by atoms with E-state index >= 15 is 0 Å². The van der Waals surface area contributed by atoms with Crippen molar-refractivity contribution < 1.29 is 0 Å². The van der Waals surface area contributed by atoms with Gasteiger partial charge in [-0.05, 0) is 6.42 Å². The van der Waals surface area contributed by atoms with Crippen LogP contribution in [0.15, 0.2) is 12.1 Å². The van der Waals surface area contributed by atoms with Crippen LogP contribution in [-0.2, 0) is 6.54 Å². The van der Waals surface area contributed by atoms with Crippen molar-refractivity contribution in [2.75, 3.05) is 17.6 Å². The second-order valence-corrected chi connectivity index (χ2v) is 3.49. The minimum Gasteiger partial charge on any atom is -0.385 e. The molecule has 1 aliphatic heterocycles. The van der Waals surface area contributed by atoms with Crippen molar-refractivity contribution in [3.05, 3.63) is 12.1 Å². The van der Waals surface area contributed by atoms with Gasteiger partial charge in [-0.2, -0.15) is 0 Å². The molecular formula is C9H12N4. The summed E-state index contributed by atoms with van der Waals surface area (Å²) >= 11 is 0. The quantitative estimate of drug-likeness (QED) is 0.567. The molecule has 0 unspecified atom stereocenters. The zero-order valence-electron chi connectivity index (χ0n) is 7.30. The summed E-state index contributed by atoms with van der Waals surface area (Å²) in [5.41, 5.74) is 8.01. The fourth-order valence-corrected chi connectivity index (χ4v) is 2.00. The van der Waals surface area contributed by atoms with Crippen LogP contribution < -0.4 is 11.1 Å². The average molecular weight is 176 g/mol. The monoisotopic (exact) mass is 176 g/mol. The van der Waals surface area contributed by atoms with Crippen molar-refractivity contribution in [2.24, 2.45) is 0 Å². The summed E-state index contributed by atoms with van der Waals surface area (Å²) in [6.45, 7) is 2.16. The van der Waals surface area contributed by atoms with Crippen molar-refractivity contribution in [3.8, 4) is 0 Å². The lowest BCUT2D eigenvalue weighted by Gasteiger charge is -2.17. The molecule has 68 valence electrons. The van der Waals surface area contributed by atoms with Crippen molar-refractivity contribution >= 4 is 22.7 Å². The van der Waals surface area contributed by atoms with E-state index in [1.807, 2.05) is 6.07 Å². The largest absolute Gasteiger partial charge is 0.385 e. The molecule has 0 atom stereocenters. The molecular weight excluding hydrogens is 164 g/mol. The highest BCUT2D eigenvalue weighted by Crippen LogP contribution is 2.27. The zero-order chi connectivity index (χ0) is 8.84. The molecule has 13 heavy (non-hydrogen) atoms. The number of nitrogens with zero attached hydrogens (tertiary/aromatic N) is 1. The van der Waals surface area contributed by atoms with E-state index in [1.165, 1.54) is 17.8 Å². The predicted octanol–water partition coefficient (Wildman–Crippen LogP) is 1.37. The van der Waals surface area contributed by atoms with E-state index in [0.717, 1.165) is 24.4 Å². The van der Waals surface area contributed by atoms with Crippen LogP contribution in [0, 0.1) is 0 Å². The van der Waals surface area contributed by atoms with E-state index in [4.69, 9.17) is 5.73 Å². The van der Waals surface area contributed by atoms with Crippen LogP contribution in [0.25, 0.3) is 11.0 Å². The van der Waals surface area contributed by atoms with Crippen molar-refractivity contribution in [1.82, 2.24) is 9.55 Å². The minimum atomic E-state index is 0.742. The van der Waals surface area contributed by atoms with Crippen LogP contribution in [0.3, 0.4) is 0 Å². The number of nitrogens with one attached hydrogen (secondary N) is 2. The molecule has 2 aromatic rings. The molecule has 0 fully saturated rings. The van der Waals surface area contributed by atoms with E-state index in [1.54, 1.807) is 0 Å². The summed E-state index contributed by atoms with van der Waals surface area (Å²) in [5, 5.41) is 3.36. The zero-order valence-corrected chi connectivity index (χ0v) is 7.30. The number of nitrogens with two attached hydrogens (primary N) is 1. The number of hydrogen-bond donors (Lipinski definition) is 3. The highest BCUT2D eigenvalue weighted by molar-refractivity contribution is 5.85. The maximum atomic E-state index is 5.68. The lowest BCUT2D eigenvalue weighted by atomic mass is 10.3. The summed E-state index contributed by atoms with van der Waals surface area (Å²) in [4.78, 5) is 3.13. The van der Waals surface area contributed by atoms with Gasteiger partial charge in [0.15, 0.2) is 0 Å². The van der Waals surface area contributed by atoms with Gasteiger partial charge in [-0.1, -0.05) is 0 Å². The van der Waals surface area contributed by atoms with Crippen LogP contribution in [0.4, 0.5) is 11.6 Å². The highest BCUT2D eigenvalue weighted by atomic mass is 15.1. The molecule has 0 aliphatic carbocycles. The molecule has 4 N–H and O–H groups in total. The van der Waals surface area contributed by atoms with Gasteiger partial charge < -0.3 is 20.6 Å². The Morgan fingerprint density at radius 2 is 2.31 bits per heavy atom. The molecule has 0 saturated carbocycles. The summed E-state index contributed by atoms with van der Waals surface area (Å²) in [6, 6.07) is 4.11. The maximum absolute atomic E-state index is 5.68.